The summed E-state index contributed by atoms with van der Waals surface area (Å²) in [5.41, 5.74) is 4.56. The van der Waals surface area contributed by atoms with Gasteiger partial charge in [0, 0.05) is 45.0 Å². The standard InChI is InChI=1S/C33H34N6O2/c34-20-26-3-1-24(2-4-26)19-25-11-17-39(18-12-25)33(41)29-9-10-31(36-22-29)32(40)37-30-13-15-38(16-14-30)23-28-7-5-27(21-35)6-8-28/h1-10,22,25,30H,11-19,23H2,(H,37,40). The Bertz CT molecular complexity index is 1420. The Balaban J connectivity index is 1.05. The number of pyridine rings is 1. The molecule has 1 N–H and O–H groups in total. The highest BCUT2D eigenvalue weighted by molar-refractivity contribution is 5.96. The molecule has 3 aromatic rings. The SMILES string of the molecule is N#Cc1ccc(CC2CCN(C(=O)c3ccc(C(=O)NC4CCN(Cc5ccc(C#N)cc5)CC4)nc3)CC2)cc1. The Morgan fingerprint density at radius 3 is 1.98 bits per heavy atom. The molecule has 2 aromatic carbocycles. The van der Waals surface area contributed by atoms with Crippen molar-refractivity contribution >= 4 is 11.8 Å². The van der Waals surface area contributed by atoms with Gasteiger partial charge in [0.2, 0.25) is 0 Å². The summed E-state index contributed by atoms with van der Waals surface area (Å²) in [5.74, 6) is 0.257. The quantitative estimate of drug-likeness (QED) is 0.472. The summed E-state index contributed by atoms with van der Waals surface area (Å²) in [5, 5.41) is 21.0. The average Bonchev–Trinajstić information content (AvgIpc) is 3.03. The topological polar surface area (TPSA) is 113 Å². The lowest BCUT2D eigenvalue weighted by Gasteiger charge is -2.32. The molecular formula is C33H34N6O2. The van der Waals surface area contributed by atoms with Crippen molar-refractivity contribution in [2.45, 2.75) is 44.7 Å². The minimum absolute atomic E-state index is 0.0454. The first-order valence-electron chi connectivity index (χ1n) is 14.3. The van der Waals surface area contributed by atoms with E-state index in [9.17, 15) is 9.59 Å². The number of benzene rings is 2. The minimum Gasteiger partial charge on any atom is -0.348 e. The van der Waals surface area contributed by atoms with E-state index >= 15 is 0 Å². The molecule has 3 heterocycles. The number of nitrogens with zero attached hydrogens (tertiary/aromatic N) is 5. The monoisotopic (exact) mass is 546 g/mol. The van der Waals surface area contributed by atoms with Crippen LogP contribution in [0.2, 0.25) is 0 Å². The number of carbonyl (C=O) groups is 2. The fourth-order valence-corrected chi connectivity index (χ4v) is 5.66. The first-order valence-corrected chi connectivity index (χ1v) is 14.3. The number of carbonyl (C=O) groups excluding carboxylic acids is 2. The van der Waals surface area contributed by atoms with Crippen LogP contribution < -0.4 is 5.32 Å². The van der Waals surface area contributed by atoms with Gasteiger partial charge in [-0.05, 0) is 85.5 Å². The van der Waals surface area contributed by atoms with Crippen LogP contribution in [0.5, 0.6) is 0 Å². The molecule has 0 atom stereocenters. The van der Waals surface area contributed by atoms with E-state index < -0.39 is 0 Å². The van der Waals surface area contributed by atoms with Gasteiger partial charge < -0.3 is 10.2 Å². The molecule has 2 aliphatic heterocycles. The second-order valence-electron chi connectivity index (χ2n) is 11.0. The molecule has 41 heavy (non-hydrogen) atoms. The van der Waals surface area contributed by atoms with Crippen LogP contribution >= 0.6 is 0 Å². The maximum absolute atomic E-state index is 13.1. The third kappa shape index (κ3) is 7.36. The normalized spacial score (nSPS) is 16.5. The summed E-state index contributed by atoms with van der Waals surface area (Å²) >= 11 is 0. The van der Waals surface area contributed by atoms with Crippen LogP contribution in [0, 0.1) is 28.6 Å². The van der Waals surface area contributed by atoms with Crippen LogP contribution in [0.15, 0.2) is 66.9 Å². The third-order valence-corrected chi connectivity index (χ3v) is 8.16. The Kier molecular flexibility index (Phi) is 9.03. The van der Waals surface area contributed by atoms with Gasteiger partial charge in [0.05, 0.1) is 28.8 Å². The molecule has 5 rings (SSSR count). The second kappa shape index (κ2) is 13.2. The van der Waals surface area contributed by atoms with Crippen LogP contribution in [0.4, 0.5) is 0 Å². The van der Waals surface area contributed by atoms with Crippen molar-refractivity contribution in [1.29, 1.82) is 10.5 Å². The lowest BCUT2D eigenvalue weighted by atomic mass is 9.89. The van der Waals surface area contributed by atoms with E-state index in [1.165, 1.54) is 17.3 Å². The Morgan fingerprint density at radius 2 is 1.41 bits per heavy atom. The third-order valence-electron chi connectivity index (χ3n) is 8.16. The Morgan fingerprint density at radius 1 is 0.805 bits per heavy atom. The molecule has 0 unspecified atom stereocenters. The van der Waals surface area contributed by atoms with E-state index in [0.29, 0.717) is 41.4 Å². The average molecular weight is 547 g/mol. The summed E-state index contributed by atoms with van der Waals surface area (Å²) in [6, 6.07) is 23.1. The van der Waals surface area contributed by atoms with E-state index in [-0.39, 0.29) is 17.9 Å². The highest BCUT2D eigenvalue weighted by atomic mass is 16.2. The summed E-state index contributed by atoms with van der Waals surface area (Å²) in [7, 11) is 0. The molecule has 2 saturated heterocycles. The summed E-state index contributed by atoms with van der Waals surface area (Å²) in [6.07, 6.45) is 6.06. The van der Waals surface area contributed by atoms with E-state index in [2.05, 4.69) is 27.3 Å². The van der Waals surface area contributed by atoms with Crippen molar-refractivity contribution in [3.05, 3.63) is 100 Å². The number of piperidine rings is 2. The van der Waals surface area contributed by atoms with Gasteiger partial charge in [-0.25, -0.2) is 0 Å². The number of likely N-dealkylation sites (tertiary alicyclic amines) is 2. The molecule has 0 saturated carbocycles. The van der Waals surface area contributed by atoms with Crippen molar-refractivity contribution in [2.24, 2.45) is 5.92 Å². The van der Waals surface area contributed by atoms with Crippen molar-refractivity contribution < 1.29 is 9.59 Å². The van der Waals surface area contributed by atoms with Gasteiger partial charge in [-0.2, -0.15) is 10.5 Å². The number of hydrogen-bond acceptors (Lipinski definition) is 6. The fraction of sp³-hybridized carbons (Fsp3) is 0.364. The minimum atomic E-state index is -0.210. The maximum atomic E-state index is 13.1. The summed E-state index contributed by atoms with van der Waals surface area (Å²) in [6.45, 7) is 4.00. The van der Waals surface area contributed by atoms with Crippen LogP contribution in [0.25, 0.3) is 0 Å². The van der Waals surface area contributed by atoms with E-state index in [0.717, 1.165) is 51.7 Å². The molecule has 0 spiro atoms. The first-order chi connectivity index (χ1) is 20.0. The highest BCUT2D eigenvalue weighted by Gasteiger charge is 2.25. The van der Waals surface area contributed by atoms with Crippen molar-refractivity contribution in [3.8, 4) is 12.1 Å². The Labute approximate surface area is 241 Å². The maximum Gasteiger partial charge on any atom is 0.270 e. The summed E-state index contributed by atoms with van der Waals surface area (Å²) < 4.78 is 0. The van der Waals surface area contributed by atoms with E-state index in [1.807, 2.05) is 53.4 Å². The predicted octanol–water partition coefficient (Wildman–Crippen LogP) is 4.31. The van der Waals surface area contributed by atoms with Crippen LogP contribution in [-0.2, 0) is 13.0 Å². The molecule has 0 radical (unpaired) electrons. The molecule has 8 heteroatoms. The molecule has 0 bridgehead atoms. The zero-order valence-electron chi connectivity index (χ0n) is 23.1. The molecule has 0 aliphatic carbocycles. The highest BCUT2D eigenvalue weighted by Crippen LogP contribution is 2.23. The lowest BCUT2D eigenvalue weighted by molar-refractivity contribution is 0.0689. The fourth-order valence-electron chi connectivity index (χ4n) is 5.66. The molecule has 2 amide bonds. The second-order valence-corrected chi connectivity index (χ2v) is 11.0. The molecule has 1 aromatic heterocycles. The lowest BCUT2D eigenvalue weighted by Crippen LogP contribution is -2.44. The number of rotatable bonds is 7. The van der Waals surface area contributed by atoms with Crippen molar-refractivity contribution in [2.75, 3.05) is 26.2 Å². The van der Waals surface area contributed by atoms with Gasteiger partial charge in [-0.15, -0.1) is 0 Å². The smallest absolute Gasteiger partial charge is 0.270 e. The van der Waals surface area contributed by atoms with Gasteiger partial charge in [0.15, 0.2) is 0 Å². The van der Waals surface area contributed by atoms with Crippen molar-refractivity contribution in [3.63, 3.8) is 0 Å². The number of amides is 2. The molecule has 8 nitrogen and oxygen atoms in total. The Hall–Kier alpha value is -4.53. The number of nitriles is 2. The van der Waals surface area contributed by atoms with Crippen molar-refractivity contribution in [1.82, 2.24) is 20.1 Å². The molecule has 2 fully saturated rings. The first kappa shape index (κ1) is 28.0. The number of aromatic nitrogens is 1. The van der Waals surface area contributed by atoms with Gasteiger partial charge in [-0.1, -0.05) is 24.3 Å². The van der Waals surface area contributed by atoms with Gasteiger partial charge >= 0.3 is 0 Å². The zero-order chi connectivity index (χ0) is 28.6. The van der Waals surface area contributed by atoms with Gasteiger partial charge in [0.25, 0.3) is 11.8 Å². The van der Waals surface area contributed by atoms with E-state index in [1.54, 1.807) is 12.1 Å². The van der Waals surface area contributed by atoms with Crippen LogP contribution in [0.1, 0.15) is 68.8 Å². The summed E-state index contributed by atoms with van der Waals surface area (Å²) in [4.78, 5) is 34.4. The van der Waals surface area contributed by atoms with Crippen LogP contribution in [0.3, 0.4) is 0 Å². The molecular weight excluding hydrogens is 512 g/mol. The van der Waals surface area contributed by atoms with Gasteiger partial charge in [-0.3, -0.25) is 19.5 Å². The predicted molar refractivity (Wildman–Crippen MR) is 155 cm³/mol. The van der Waals surface area contributed by atoms with Gasteiger partial charge in [0.1, 0.15) is 5.69 Å². The molecule has 208 valence electrons. The van der Waals surface area contributed by atoms with E-state index in [4.69, 9.17) is 10.5 Å². The zero-order valence-corrected chi connectivity index (χ0v) is 23.1. The number of hydrogen-bond donors (Lipinski definition) is 1. The largest absolute Gasteiger partial charge is 0.348 e. The molecule has 2 aliphatic rings. The number of nitrogens with one attached hydrogen (secondary N) is 1. The van der Waals surface area contributed by atoms with Crippen LogP contribution in [-0.4, -0.2) is 58.8 Å².